The molecule has 1 aliphatic rings. The predicted molar refractivity (Wildman–Crippen MR) is 79.5 cm³/mol. The molecule has 1 aromatic heterocycles. The monoisotopic (exact) mass is 323 g/mol. The van der Waals surface area contributed by atoms with Crippen LogP contribution in [0.3, 0.4) is 0 Å². The standard InChI is InChI=1S/C13H13N3O3S2/c17-12(15-13-14-7-9-20-13)11-6-8-16(11)21(18,19)10-4-2-1-3-5-10/h1-5,7,9,11H,6,8H2,(H,14,15,17)/t11-/m1/s1. The topological polar surface area (TPSA) is 79.4 Å². The number of carbonyl (C=O) groups is 1. The SMILES string of the molecule is O=C(Nc1nccs1)[C@H]1CCN1S(=O)(=O)c1ccccc1. The Kier molecular flexibility index (Phi) is 3.75. The number of aromatic nitrogens is 1. The summed E-state index contributed by atoms with van der Waals surface area (Å²) < 4.78 is 26.2. The number of carbonyl (C=O) groups excluding carboxylic acids is 1. The second-order valence-corrected chi connectivity index (χ2v) is 7.34. The van der Waals surface area contributed by atoms with Gasteiger partial charge in [-0.3, -0.25) is 4.79 Å². The van der Waals surface area contributed by atoms with Gasteiger partial charge in [0.25, 0.3) is 0 Å². The van der Waals surface area contributed by atoms with Gasteiger partial charge in [-0.25, -0.2) is 13.4 Å². The van der Waals surface area contributed by atoms with Crippen LogP contribution in [0, 0.1) is 0 Å². The number of hydrogen-bond donors (Lipinski definition) is 1. The molecule has 1 aliphatic heterocycles. The predicted octanol–water partition coefficient (Wildman–Crippen LogP) is 1.54. The Morgan fingerprint density at radius 1 is 1.33 bits per heavy atom. The first kappa shape index (κ1) is 14.2. The van der Waals surface area contributed by atoms with Crippen molar-refractivity contribution in [1.29, 1.82) is 0 Å². The summed E-state index contributed by atoms with van der Waals surface area (Å²) in [7, 11) is -3.62. The van der Waals surface area contributed by atoms with Gasteiger partial charge in [-0.2, -0.15) is 4.31 Å². The van der Waals surface area contributed by atoms with E-state index in [1.54, 1.807) is 29.8 Å². The highest BCUT2D eigenvalue weighted by molar-refractivity contribution is 7.89. The van der Waals surface area contributed by atoms with E-state index in [9.17, 15) is 13.2 Å². The molecule has 0 unspecified atom stereocenters. The number of anilines is 1. The fourth-order valence-corrected chi connectivity index (χ4v) is 4.30. The van der Waals surface area contributed by atoms with Crippen molar-refractivity contribution >= 4 is 32.4 Å². The van der Waals surface area contributed by atoms with Crippen LogP contribution in [-0.4, -0.2) is 36.2 Å². The summed E-state index contributed by atoms with van der Waals surface area (Å²) in [6, 6.07) is 7.47. The summed E-state index contributed by atoms with van der Waals surface area (Å²) in [5.41, 5.74) is 0. The Labute approximate surface area is 126 Å². The van der Waals surface area contributed by atoms with Crippen molar-refractivity contribution in [3.8, 4) is 0 Å². The lowest BCUT2D eigenvalue weighted by Crippen LogP contribution is -2.56. The molecule has 0 aliphatic carbocycles. The molecule has 1 fully saturated rings. The van der Waals surface area contributed by atoms with Crippen molar-refractivity contribution in [2.24, 2.45) is 0 Å². The van der Waals surface area contributed by atoms with Gasteiger partial charge in [0.05, 0.1) is 4.90 Å². The average Bonchev–Trinajstić information content (AvgIpc) is 2.90. The number of sulfonamides is 1. The largest absolute Gasteiger partial charge is 0.301 e. The molecule has 1 atom stereocenters. The molecule has 0 spiro atoms. The lowest BCUT2D eigenvalue weighted by molar-refractivity contribution is -0.122. The van der Waals surface area contributed by atoms with E-state index in [2.05, 4.69) is 10.3 Å². The van der Waals surface area contributed by atoms with Crippen molar-refractivity contribution in [2.45, 2.75) is 17.4 Å². The van der Waals surface area contributed by atoms with Crippen LogP contribution in [0.5, 0.6) is 0 Å². The van der Waals surface area contributed by atoms with Crippen molar-refractivity contribution in [2.75, 3.05) is 11.9 Å². The molecule has 1 saturated heterocycles. The Bertz CT molecular complexity index is 729. The van der Waals surface area contributed by atoms with Gasteiger partial charge in [0.15, 0.2) is 5.13 Å². The summed E-state index contributed by atoms with van der Waals surface area (Å²) in [6.07, 6.45) is 2.10. The number of rotatable bonds is 4. The van der Waals surface area contributed by atoms with Crippen LogP contribution in [0.1, 0.15) is 6.42 Å². The molecule has 3 rings (SSSR count). The van der Waals surface area contributed by atoms with Gasteiger partial charge < -0.3 is 5.32 Å². The van der Waals surface area contributed by atoms with E-state index in [0.29, 0.717) is 18.1 Å². The maximum absolute atomic E-state index is 12.5. The molecular weight excluding hydrogens is 310 g/mol. The number of amides is 1. The minimum Gasteiger partial charge on any atom is -0.301 e. The van der Waals surface area contributed by atoms with E-state index in [0.717, 1.165) is 0 Å². The average molecular weight is 323 g/mol. The van der Waals surface area contributed by atoms with Crippen molar-refractivity contribution in [3.63, 3.8) is 0 Å². The minimum atomic E-state index is -3.62. The third-order valence-electron chi connectivity index (χ3n) is 3.29. The summed E-state index contributed by atoms with van der Waals surface area (Å²) in [5.74, 6) is -0.337. The summed E-state index contributed by atoms with van der Waals surface area (Å²) in [6.45, 7) is 0.354. The molecule has 2 aromatic rings. The van der Waals surface area contributed by atoms with Gasteiger partial charge in [0, 0.05) is 18.1 Å². The lowest BCUT2D eigenvalue weighted by atomic mass is 10.1. The molecule has 1 aromatic carbocycles. The van der Waals surface area contributed by atoms with Crippen LogP contribution in [-0.2, 0) is 14.8 Å². The Morgan fingerprint density at radius 2 is 2.10 bits per heavy atom. The van der Waals surface area contributed by atoms with Crippen molar-refractivity contribution in [1.82, 2.24) is 9.29 Å². The zero-order valence-corrected chi connectivity index (χ0v) is 12.6. The van der Waals surface area contributed by atoms with Gasteiger partial charge in [-0.05, 0) is 18.6 Å². The minimum absolute atomic E-state index is 0.205. The molecule has 0 saturated carbocycles. The van der Waals surface area contributed by atoms with E-state index >= 15 is 0 Å². The third kappa shape index (κ3) is 2.69. The first-order chi connectivity index (χ1) is 10.1. The normalized spacial score (nSPS) is 19.0. The fourth-order valence-electron chi connectivity index (χ4n) is 2.11. The van der Waals surface area contributed by atoms with Crippen LogP contribution < -0.4 is 5.32 Å². The summed E-state index contributed by atoms with van der Waals surface area (Å²) in [5, 5.41) is 4.86. The van der Waals surface area contributed by atoms with Crippen LogP contribution in [0.25, 0.3) is 0 Å². The summed E-state index contributed by atoms with van der Waals surface area (Å²) in [4.78, 5) is 16.3. The zero-order chi connectivity index (χ0) is 14.9. The third-order valence-corrected chi connectivity index (χ3v) is 5.90. The second-order valence-electron chi connectivity index (χ2n) is 4.56. The van der Waals surface area contributed by atoms with Crippen LogP contribution in [0.4, 0.5) is 5.13 Å². The number of thiazole rings is 1. The molecule has 0 radical (unpaired) electrons. The number of nitrogens with one attached hydrogen (secondary N) is 1. The smallest absolute Gasteiger partial charge is 0.244 e. The first-order valence-electron chi connectivity index (χ1n) is 6.36. The van der Waals surface area contributed by atoms with Crippen LogP contribution in [0.15, 0.2) is 46.8 Å². The second kappa shape index (κ2) is 5.55. The molecule has 1 amide bonds. The fraction of sp³-hybridized carbons (Fsp3) is 0.231. The summed E-state index contributed by atoms with van der Waals surface area (Å²) >= 11 is 1.30. The molecule has 21 heavy (non-hydrogen) atoms. The highest BCUT2D eigenvalue weighted by atomic mass is 32.2. The van der Waals surface area contributed by atoms with Gasteiger partial charge in [-0.1, -0.05) is 18.2 Å². The maximum atomic E-state index is 12.5. The Hall–Kier alpha value is -1.77. The molecule has 0 bridgehead atoms. The highest BCUT2D eigenvalue weighted by Crippen LogP contribution is 2.27. The molecular formula is C13H13N3O3S2. The molecule has 1 N–H and O–H groups in total. The maximum Gasteiger partial charge on any atom is 0.244 e. The van der Waals surface area contributed by atoms with Gasteiger partial charge in [-0.15, -0.1) is 11.3 Å². The van der Waals surface area contributed by atoms with E-state index < -0.39 is 16.1 Å². The van der Waals surface area contributed by atoms with Crippen LogP contribution >= 0.6 is 11.3 Å². The Morgan fingerprint density at radius 3 is 2.67 bits per heavy atom. The quantitative estimate of drug-likeness (QED) is 0.926. The van der Waals surface area contributed by atoms with Crippen molar-refractivity contribution < 1.29 is 13.2 Å². The van der Waals surface area contributed by atoms with E-state index in [1.165, 1.54) is 27.8 Å². The van der Waals surface area contributed by atoms with E-state index in [-0.39, 0.29) is 10.8 Å². The van der Waals surface area contributed by atoms with E-state index in [4.69, 9.17) is 0 Å². The number of nitrogens with zero attached hydrogens (tertiary/aromatic N) is 2. The first-order valence-corrected chi connectivity index (χ1v) is 8.68. The van der Waals surface area contributed by atoms with Gasteiger partial charge >= 0.3 is 0 Å². The number of benzene rings is 1. The Balaban J connectivity index is 1.76. The zero-order valence-electron chi connectivity index (χ0n) is 11.0. The number of hydrogen-bond acceptors (Lipinski definition) is 5. The van der Waals surface area contributed by atoms with Gasteiger partial charge in [0.1, 0.15) is 6.04 Å². The van der Waals surface area contributed by atoms with Crippen LogP contribution in [0.2, 0.25) is 0 Å². The highest BCUT2D eigenvalue weighted by Gasteiger charge is 2.42. The molecule has 8 heteroatoms. The molecule has 6 nitrogen and oxygen atoms in total. The van der Waals surface area contributed by atoms with Gasteiger partial charge in [0.2, 0.25) is 15.9 Å². The lowest BCUT2D eigenvalue weighted by Gasteiger charge is -2.38. The van der Waals surface area contributed by atoms with Crippen molar-refractivity contribution in [3.05, 3.63) is 41.9 Å². The van der Waals surface area contributed by atoms with E-state index in [1.807, 2.05) is 0 Å². The molecule has 2 heterocycles. The molecule has 110 valence electrons.